The highest BCUT2D eigenvalue weighted by molar-refractivity contribution is 9.10. The standard InChI is InChI=1S/C10H8BrFO4/c11-7-5(10-13-1-2-14-10)3-6(12)8-9(7)16-4-15-8/h3,10H,1-2,4H2. The van der Waals surface area contributed by atoms with Gasteiger partial charge in [-0.1, -0.05) is 0 Å². The lowest BCUT2D eigenvalue weighted by atomic mass is 10.2. The van der Waals surface area contributed by atoms with Gasteiger partial charge in [-0.15, -0.1) is 0 Å². The van der Waals surface area contributed by atoms with Crippen molar-refractivity contribution in [3.8, 4) is 11.5 Å². The fourth-order valence-electron chi connectivity index (χ4n) is 1.72. The largest absolute Gasteiger partial charge is 0.452 e. The topological polar surface area (TPSA) is 36.9 Å². The van der Waals surface area contributed by atoms with E-state index in [0.29, 0.717) is 29.0 Å². The molecule has 2 aliphatic heterocycles. The molecular weight excluding hydrogens is 283 g/mol. The van der Waals surface area contributed by atoms with Gasteiger partial charge in [0.1, 0.15) is 0 Å². The first kappa shape index (κ1) is 10.3. The summed E-state index contributed by atoms with van der Waals surface area (Å²) in [6, 6.07) is 1.34. The van der Waals surface area contributed by atoms with Crippen molar-refractivity contribution >= 4 is 15.9 Å². The number of hydrogen-bond donors (Lipinski definition) is 0. The molecule has 0 N–H and O–H groups in total. The average Bonchev–Trinajstić information content (AvgIpc) is 2.92. The van der Waals surface area contributed by atoms with Crippen molar-refractivity contribution in [3.05, 3.63) is 21.9 Å². The molecule has 1 aromatic rings. The summed E-state index contributed by atoms with van der Waals surface area (Å²) in [4.78, 5) is 0. The summed E-state index contributed by atoms with van der Waals surface area (Å²) in [5.74, 6) is 0.0347. The third kappa shape index (κ3) is 1.49. The number of halogens is 2. The SMILES string of the molecule is Fc1cc(C2OCCO2)c(Br)c2c1OCO2. The van der Waals surface area contributed by atoms with Gasteiger partial charge in [-0.25, -0.2) is 4.39 Å². The normalized spacial score (nSPS) is 19.4. The number of benzene rings is 1. The van der Waals surface area contributed by atoms with E-state index in [1.54, 1.807) is 0 Å². The van der Waals surface area contributed by atoms with Crippen molar-refractivity contribution in [2.75, 3.05) is 20.0 Å². The van der Waals surface area contributed by atoms with E-state index in [9.17, 15) is 4.39 Å². The lowest BCUT2D eigenvalue weighted by Gasteiger charge is -2.13. The van der Waals surface area contributed by atoms with Crippen molar-refractivity contribution in [1.29, 1.82) is 0 Å². The molecule has 16 heavy (non-hydrogen) atoms. The predicted octanol–water partition coefficient (Wildman–Crippen LogP) is 2.36. The third-order valence-electron chi connectivity index (χ3n) is 2.44. The molecule has 1 fully saturated rings. The number of rotatable bonds is 1. The summed E-state index contributed by atoms with van der Waals surface area (Å²) in [6.07, 6.45) is -0.543. The van der Waals surface area contributed by atoms with Gasteiger partial charge >= 0.3 is 0 Å². The van der Waals surface area contributed by atoms with Crippen LogP contribution in [0.2, 0.25) is 0 Å². The van der Waals surface area contributed by atoms with E-state index in [0.717, 1.165) is 0 Å². The third-order valence-corrected chi connectivity index (χ3v) is 3.26. The Bertz CT molecular complexity index is 431. The fraction of sp³-hybridized carbons (Fsp3) is 0.400. The van der Waals surface area contributed by atoms with Crippen LogP contribution in [-0.4, -0.2) is 20.0 Å². The van der Waals surface area contributed by atoms with Crippen LogP contribution < -0.4 is 9.47 Å². The van der Waals surface area contributed by atoms with Gasteiger partial charge in [0, 0.05) is 5.56 Å². The average molecular weight is 291 g/mol. The minimum atomic E-state index is -0.543. The molecule has 3 rings (SSSR count). The van der Waals surface area contributed by atoms with Gasteiger partial charge in [0.2, 0.25) is 12.5 Å². The second-order valence-corrected chi connectivity index (χ2v) is 4.19. The smallest absolute Gasteiger partial charge is 0.231 e. The predicted molar refractivity (Wildman–Crippen MR) is 54.9 cm³/mol. The molecule has 0 aromatic heterocycles. The van der Waals surface area contributed by atoms with Crippen LogP contribution in [-0.2, 0) is 9.47 Å². The molecule has 0 aliphatic carbocycles. The maximum absolute atomic E-state index is 13.6. The summed E-state index contributed by atoms with van der Waals surface area (Å²) < 4.78 is 35.1. The molecule has 0 radical (unpaired) electrons. The van der Waals surface area contributed by atoms with E-state index in [1.807, 2.05) is 0 Å². The highest BCUT2D eigenvalue weighted by Gasteiger charge is 2.29. The Hall–Kier alpha value is -0.850. The van der Waals surface area contributed by atoms with Crippen molar-refractivity contribution in [2.24, 2.45) is 0 Å². The Morgan fingerprint density at radius 2 is 1.88 bits per heavy atom. The van der Waals surface area contributed by atoms with Crippen LogP contribution in [0.3, 0.4) is 0 Å². The highest BCUT2D eigenvalue weighted by Crippen LogP contribution is 2.45. The molecular formula is C10H8BrFO4. The van der Waals surface area contributed by atoms with Gasteiger partial charge in [-0.05, 0) is 22.0 Å². The second-order valence-electron chi connectivity index (χ2n) is 3.40. The Kier molecular flexibility index (Phi) is 2.49. The van der Waals surface area contributed by atoms with Crippen LogP contribution in [0.1, 0.15) is 11.9 Å². The van der Waals surface area contributed by atoms with Crippen molar-refractivity contribution in [2.45, 2.75) is 6.29 Å². The molecule has 86 valence electrons. The lowest BCUT2D eigenvalue weighted by Crippen LogP contribution is -2.00. The maximum Gasteiger partial charge on any atom is 0.231 e. The van der Waals surface area contributed by atoms with E-state index in [1.165, 1.54) is 6.07 Å². The minimum Gasteiger partial charge on any atom is -0.452 e. The molecule has 6 heteroatoms. The summed E-state index contributed by atoms with van der Waals surface area (Å²) in [7, 11) is 0. The molecule has 0 spiro atoms. The zero-order chi connectivity index (χ0) is 11.1. The molecule has 2 aliphatic rings. The van der Waals surface area contributed by atoms with Crippen molar-refractivity contribution in [1.82, 2.24) is 0 Å². The summed E-state index contributed by atoms with van der Waals surface area (Å²) >= 11 is 3.34. The van der Waals surface area contributed by atoms with Gasteiger partial charge in [0.05, 0.1) is 17.7 Å². The molecule has 4 nitrogen and oxygen atoms in total. The Balaban J connectivity index is 2.08. The van der Waals surface area contributed by atoms with Crippen LogP contribution in [0.5, 0.6) is 11.5 Å². The van der Waals surface area contributed by atoms with Gasteiger partial charge in [-0.3, -0.25) is 0 Å². The maximum atomic E-state index is 13.6. The van der Waals surface area contributed by atoms with Crippen LogP contribution in [0.4, 0.5) is 4.39 Å². The van der Waals surface area contributed by atoms with E-state index in [4.69, 9.17) is 18.9 Å². The molecule has 0 amide bonds. The zero-order valence-electron chi connectivity index (χ0n) is 8.16. The molecule has 0 atom stereocenters. The van der Waals surface area contributed by atoms with Gasteiger partial charge in [0.25, 0.3) is 0 Å². The first-order valence-corrected chi connectivity index (χ1v) is 5.57. The Morgan fingerprint density at radius 3 is 2.62 bits per heavy atom. The number of fused-ring (bicyclic) bond motifs is 1. The minimum absolute atomic E-state index is 0.0285. The van der Waals surface area contributed by atoms with Crippen LogP contribution in [0.15, 0.2) is 10.5 Å². The molecule has 2 heterocycles. The van der Waals surface area contributed by atoms with Gasteiger partial charge in [0.15, 0.2) is 17.9 Å². The van der Waals surface area contributed by atoms with Gasteiger partial charge < -0.3 is 18.9 Å². The highest BCUT2D eigenvalue weighted by atomic mass is 79.9. The number of ether oxygens (including phenoxy) is 4. The first-order valence-electron chi connectivity index (χ1n) is 4.78. The second kappa shape index (κ2) is 3.87. The van der Waals surface area contributed by atoms with E-state index in [-0.39, 0.29) is 12.5 Å². The molecule has 0 bridgehead atoms. The molecule has 1 aromatic carbocycles. The van der Waals surface area contributed by atoms with E-state index < -0.39 is 12.1 Å². The van der Waals surface area contributed by atoms with Gasteiger partial charge in [-0.2, -0.15) is 0 Å². The van der Waals surface area contributed by atoms with Crippen molar-refractivity contribution < 1.29 is 23.3 Å². The van der Waals surface area contributed by atoms with Crippen LogP contribution >= 0.6 is 15.9 Å². The van der Waals surface area contributed by atoms with Crippen LogP contribution in [0, 0.1) is 5.82 Å². The molecule has 1 saturated heterocycles. The quantitative estimate of drug-likeness (QED) is 0.796. The Labute approximate surface area is 99.4 Å². The zero-order valence-corrected chi connectivity index (χ0v) is 9.75. The lowest BCUT2D eigenvalue weighted by molar-refractivity contribution is -0.0449. The molecule has 0 unspecified atom stereocenters. The monoisotopic (exact) mass is 290 g/mol. The van der Waals surface area contributed by atoms with E-state index in [2.05, 4.69) is 15.9 Å². The van der Waals surface area contributed by atoms with E-state index >= 15 is 0 Å². The first-order chi connectivity index (χ1) is 7.77. The Morgan fingerprint density at radius 1 is 1.19 bits per heavy atom. The number of hydrogen-bond acceptors (Lipinski definition) is 4. The van der Waals surface area contributed by atoms with Crippen molar-refractivity contribution in [3.63, 3.8) is 0 Å². The summed E-state index contributed by atoms with van der Waals surface area (Å²) in [5.41, 5.74) is 0.583. The molecule has 0 saturated carbocycles. The summed E-state index contributed by atoms with van der Waals surface area (Å²) in [6.45, 7) is 1.04. The fourth-order valence-corrected chi connectivity index (χ4v) is 2.32. The van der Waals surface area contributed by atoms with Crippen LogP contribution in [0.25, 0.3) is 0 Å². The summed E-state index contributed by atoms with van der Waals surface area (Å²) in [5, 5.41) is 0.